The zero-order chi connectivity index (χ0) is 17.8. The third-order valence-corrected chi connectivity index (χ3v) is 3.98. The van der Waals surface area contributed by atoms with E-state index in [0.717, 1.165) is 16.9 Å². The summed E-state index contributed by atoms with van der Waals surface area (Å²) in [7, 11) is 0. The monoisotopic (exact) mass is 335 g/mol. The van der Waals surface area contributed by atoms with Gasteiger partial charge in [-0.25, -0.2) is 4.39 Å². The van der Waals surface area contributed by atoms with E-state index in [1.54, 1.807) is 18.3 Å². The molecule has 3 rings (SSSR count). The maximum atomic E-state index is 12.9. The van der Waals surface area contributed by atoms with Crippen molar-refractivity contribution >= 4 is 23.0 Å². The van der Waals surface area contributed by atoms with Crippen molar-refractivity contribution in [3.63, 3.8) is 0 Å². The molecular weight excluding hydrogens is 317 g/mol. The lowest BCUT2D eigenvalue weighted by Crippen LogP contribution is -2.13. The van der Waals surface area contributed by atoms with Crippen LogP contribution in [0.2, 0.25) is 0 Å². The van der Waals surface area contributed by atoms with Crippen LogP contribution in [0.1, 0.15) is 21.6 Å². The number of nitrogens with one attached hydrogen (secondary N) is 2. The minimum absolute atomic E-state index is 0.277. The normalized spacial score (nSPS) is 10.4. The molecule has 0 aliphatic carbocycles. The first-order valence-electron chi connectivity index (χ1n) is 7.89. The number of amides is 1. The van der Waals surface area contributed by atoms with Crippen molar-refractivity contribution in [3.8, 4) is 0 Å². The van der Waals surface area contributed by atoms with Gasteiger partial charge in [0.25, 0.3) is 5.91 Å². The molecule has 0 spiro atoms. The van der Waals surface area contributed by atoms with E-state index < -0.39 is 0 Å². The second-order valence-electron chi connectivity index (χ2n) is 5.76. The first-order valence-corrected chi connectivity index (χ1v) is 7.89. The van der Waals surface area contributed by atoms with Crippen molar-refractivity contribution in [2.75, 3.05) is 10.6 Å². The average Bonchev–Trinajstić information content (AvgIpc) is 2.61. The number of anilines is 3. The molecule has 25 heavy (non-hydrogen) atoms. The SMILES string of the molecule is Cc1cccc(Nc2ccnc(C(=O)Nc3ccc(F)cc3)c2)c1C. The number of hydrogen-bond acceptors (Lipinski definition) is 3. The van der Waals surface area contributed by atoms with Gasteiger partial charge in [-0.1, -0.05) is 12.1 Å². The second-order valence-corrected chi connectivity index (χ2v) is 5.76. The maximum absolute atomic E-state index is 12.9. The summed E-state index contributed by atoms with van der Waals surface area (Å²) in [5, 5.41) is 6.01. The van der Waals surface area contributed by atoms with Gasteiger partial charge in [-0.2, -0.15) is 0 Å². The fourth-order valence-electron chi connectivity index (χ4n) is 2.40. The van der Waals surface area contributed by atoms with Crippen molar-refractivity contribution in [2.45, 2.75) is 13.8 Å². The largest absolute Gasteiger partial charge is 0.355 e. The summed E-state index contributed by atoms with van der Waals surface area (Å²) in [6.07, 6.45) is 1.58. The fraction of sp³-hybridized carbons (Fsp3) is 0.100. The third kappa shape index (κ3) is 4.01. The van der Waals surface area contributed by atoms with Gasteiger partial charge < -0.3 is 10.6 Å². The van der Waals surface area contributed by atoms with Crippen molar-refractivity contribution in [3.05, 3.63) is 83.4 Å². The Labute approximate surface area is 145 Å². The number of carbonyl (C=O) groups excluding carboxylic acids is 1. The molecular formula is C20H18FN3O. The maximum Gasteiger partial charge on any atom is 0.274 e. The molecule has 5 heteroatoms. The van der Waals surface area contributed by atoms with Crippen LogP contribution >= 0.6 is 0 Å². The smallest absolute Gasteiger partial charge is 0.274 e. The summed E-state index contributed by atoms with van der Waals surface area (Å²) in [6, 6.07) is 15.1. The molecule has 1 aromatic heterocycles. The van der Waals surface area contributed by atoms with E-state index in [4.69, 9.17) is 0 Å². The lowest BCUT2D eigenvalue weighted by molar-refractivity contribution is 0.102. The van der Waals surface area contributed by atoms with Crippen LogP contribution in [0.15, 0.2) is 60.8 Å². The van der Waals surface area contributed by atoms with E-state index in [1.807, 2.05) is 19.1 Å². The molecule has 2 aromatic carbocycles. The summed E-state index contributed by atoms with van der Waals surface area (Å²) in [6.45, 7) is 4.09. The quantitative estimate of drug-likeness (QED) is 0.718. The number of nitrogens with zero attached hydrogens (tertiary/aromatic N) is 1. The molecule has 0 bridgehead atoms. The number of halogens is 1. The first kappa shape index (κ1) is 16.6. The minimum atomic E-state index is -0.351. The molecule has 1 heterocycles. The van der Waals surface area contributed by atoms with E-state index in [2.05, 4.69) is 28.6 Å². The molecule has 0 saturated heterocycles. The van der Waals surface area contributed by atoms with Crippen LogP contribution in [0, 0.1) is 19.7 Å². The number of carbonyl (C=O) groups is 1. The Kier molecular flexibility index (Phi) is 4.75. The fourth-order valence-corrected chi connectivity index (χ4v) is 2.40. The molecule has 0 saturated carbocycles. The van der Waals surface area contributed by atoms with Gasteiger partial charge in [0.1, 0.15) is 11.5 Å². The molecule has 2 N–H and O–H groups in total. The van der Waals surface area contributed by atoms with Gasteiger partial charge in [0.05, 0.1) is 0 Å². The number of benzene rings is 2. The number of rotatable bonds is 4. The van der Waals surface area contributed by atoms with Crippen LogP contribution in [0.25, 0.3) is 0 Å². The Balaban J connectivity index is 1.77. The number of aromatic nitrogens is 1. The van der Waals surface area contributed by atoms with E-state index >= 15 is 0 Å². The molecule has 0 atom stereocenters. The Hall–Kier alpha value is -3.21. The highest BCUT2D eigenvalue weighted by molar-refractivity contribution is 6.03. The van der Waals surface area contributed by atoms with Crippen molar-refractivity contribution in [2.24, 2.45) is 0 Å². The average molecular weight is 335 g/mol. The number of pyridine rings is 1. The third-order valence-electron chi connectivity index (χ3n) is 3.98. The van der Waals surface area contributed by atoms with Gasteiger partial charge in [0, 0.05) is 23.3 Å². The molecule has 1 amide bonds. The van der Waals surface area contributed by atoms with Gasteiger partial charge >= 0.3 is 0 Å². The summed E-state index contributed by atoms with van der Waals surface area (Å²) in [5.74, 6) is -0.702. The first-order chi connectivity index (χ1) is 12.0. The highest BCUT2D eigenvalue weighted by atomic mass is 19.1. The summed E-state index contributed by atoms with van der Waals surface area (Å²) in [4.78, 5) is 16.4. The van der Waals surface area contributed by atoms with Crippen LogP contribution in [0.4, 0.5) is 21.5 Å². The van der Waals surface area contributed by atoms with Gasteiger partial charge in [-0.05, 0) is 67.4 Å². The molecule has 0 aliphatic heterocycles. The Bertz CT molecular complexity index is 907. The van der Waals surface area contributed by atoms with Crippen LogP contribution in [0.3, 0.4) is 0 Å². The van der Waals surface area contributed by atoms with Gasteiger partial charge in [0.15, 0.2) is 0 Å². The molecule has 4 nitrogen and oxygen atoms in total. The highest BCUT2D eigenvalue weighted by Gasteiger charge is 2.09. The predicted octanol–water partition coefficient (Wildman–Crippen LogP) is 4.83. The van der Waals surface area contributed by atoms with Crippen LogP contribution in [0.5, 0.6) is 0 Å². The van der Waals surface area contributed by atoms with E-state index in [9.17, 15) is 9.18 Å². The van der Waals surface area contributed by atoms with Crippen molar-refractivity contribution < 1.29 is 9.18 Å². The van der Waals surface area contributed by atoms with Crippen LogP contribution in [-0.2, 0) is 0 Å². The lowest BCUT2D eigenvalue weighted by atomic mass is 10.1. The van der Waals surface area contributed by atoms with Crippen molar-refractivity contribution in [1.82, 2.24) is 4.98 Å². The minimum Gasteiger partial charge on any atom is -0.355 e. The number of aryl methyl sites for hydroxylation is 1. The zero-order valence-electron chi connectivity index (χ0n) is 14.0. The van der Waals surface area contributed by atoms with Gasteiger partial charge in [-0.3, -0.25) is 9.78 Å². The van der Waals surface area contributed by atoms with Crippen LogP contribution < -0.4 is 10.6 Å². The Morgan fingerprint density at radius 3 is 2.52 bits per heavy atom. The summed E-state index contributed by atoms with van der Waals surface area (Å²) < 4.78 is 12.9. The Morgan fingerprint density at radius 1 is 1.00 bits per heavy atom. The Morgan fingerprint density at radius 2 is 1.76 bits per heavy atom. The summed E-state index contributed by atoms with van der Waals surface area (Å²) >= 11 is 0. The van der Waals surface area contributed by atoms with Gasteiger partial charge in [-0.15, -0.1) is 0 Å². The van der Waals surface area contributed by atoms with E-state index in [0.29, 0.717) is 5.69 Å². The van der Waals surface area contributed by atoms with E-state index in [1.165, 1.54) is 29.8 Å². The molecule has 0 aliphatic rings. The molecule has 0 fully saturated rings. The lowest BCUT2D eigenvalue weighted by Gasteiger charge is -2.12. The zero-order valence-corrected chi connectivity index (χ0v) is 14.0. The molecule has 0 radical (unpaired) electrons. The molecule has 0 unspecified atom stereocenters. The van der Waals surface area contributed by atoms with Crippen LogP contribution in [-0.4, -0.2) is 10.9 Å². The van der Waals surface area contributed by atoms with E-state index in [-0.39, 0.29) is 17.4 Å². The number of hydrogen-bond donors (Lipinski definition) is 2. The predicted molar refractivity (Wildman–Crippen MR) is 97.8 cm³/mol. The van der Waals surface area contributed by atoms with Gasteiger partial charge in [0.2, 0.25) is 0 Å². The molecule has 126 valence electrons. The summed E-state index contributed by atoms with van der Waals surface area (Å²) in [5.41, 5.74) is 4.88. The van der Waals surface area contributed by atoms with Crippen molar-refractivity contribution in [1.29, 1.82) is 0 Å². The topological polar surface area (TPSA) is 54.0 Å². The highest BCUT2D eigenvalue weighted by Crippen LogP contribution is 2.23. The second kappa shape index (κ2) is 7.13. The standard InChI is InChI=1S/C20H18FN3O/c1-13-4-3-5-18(14(13)2)23-17-10-11-22-19(12-17)20(25)24-16-8-6-15(21)7-9-16/h3-12H,1-2H3,(H,22,23)(H,24,25). The molecule has 3 aromatic rings.